The van der Waals surface area contributed by atoms with Gasteiger partial charge in [0, 0.05) is 6.20 Å². The number of carbonyl (C=O) groups is 1. The van der Waals surface area contributed by atoms with Crippen LogP contribution in [0.5, 0.6) is 0 Å². The second-order valence-corrected chi connectivity index (χ2v) is 6.51. The molecule has 136 valence electrons. The van der Waals surface area contributed by atoms with Crippen LogP contribution in [0.3, 0.4) is 0 Å². The lowest BCUT2D eigenvalue weighted by atomic mass is 10.1. The minimum atomic E-state index is -4.55. The molecular weight excluding hydrogens is 367 g/mol. The molecule has 1 N–H and O–H groups in total. The smallest absolute Gasteiger partial charge is 0.418 e. The zero-order valence-corrected chi connectivity index (χ0v) is 14.4. The van der Waals surface area contributed by atoms with E-state index < -0.39 is 22.9 Å². The number of thioether (sulfide) groups is 1. The SMILES string of the molecule is CCC(Sc1nc2ncccc2o1)C(=O)Nc1ccccc1C(F)(F)F. The van der Waals surface area contributed by atoms with Crippen LogP contribution in [-0.2, 0) is 11.0 Å². The number of amides is 1. The summed E-state index contributed by atoms with van der Waals surface area (Å²) in [4.78, 5) is 20.7. The molecule has 0 saturated carbocycles. The van der Waals surface area contributed by atoms with Gasteiger partial charge in [-0.3, -0.25) is 4.79 Å². The van der Waals surface area contributed by atoms with E-state index in [1.54, 1.807) is 25.3 Å². The quantitative estimate of drug-likeness (QED) is 0.646. The number of carbonyl (C=O) groups excluding carboxylic acids is 1. The number of para-hydroxylation sites is 1. The van der Waals surface area contributed by atoms with Crippen LogP contribution in [-0.4, -0.2) is 21.1 Å². The number of oxazole rings is 1. The summed E-state index contributed by atoms with van der Waals surface area (Å²) in [6, 6.07) is 8.25. The van der Waals surface area contributed by atoms with Crippen molar-refractivity contribution in [3.05, 3.63) is 48.2 Å². The fraction of sp³-hybridized carbons (Fsp3) is 0.235. The van der Waals surface area contributed by atoms with Crippen molar-refractivity contribution < 1.29 is 22.4 Å². The van der Waals surface area contributed by atoms with E-state index in [2.05, 4.69) is 15.3 Å². The zero-order valence-electron chi connectivity index (χ0n) is 13.6. The molecule has 0 fully saturated rings. The highest BCUT2D eigenvalue weighted by Gasteiger charge is 2.34. The van der Waals surface area contributed by atoms with Gasteiger partial charge in [-0.05, 0) is 30.7 Å². The van der Waals surface area contributed by atoms with Gasteiger partial charge in [0.15, 0.2) is 11.2 Å². The van der Waals surface area contributed by atoms with Gasteiger partial charge in [0.05, 0.1) is 16.5 Å². The highest BCUT2D eigenvalue weighted by Crippen LogP contribution is 2.35. The monoisotopic (exact) mass is 381 g/mol. The lowest BCUT2D eigenvalue weighted by molar-refractivity contribution is -0.137. The molecular formula is C17H14F3N3O2S. The first kappa shape index (κ1) is 18.2. The van der Waals surface area contributed by atoms with E-state index >= 15 is 0 Å². The average Bonchev–Trinajstić information content (AvgIpc) is 3.01. The Morgan fingerprint density at radius 1 is 1.27 bits per heavy atom. The van der Waals surface area contributed by atoms with Crippen molar-refractivity contribution in [2.24, 2.45) is 0 Å². The molecule has 0 saturated heterocycles. The topological polar surface area (TPSA) is 68.0 Å². The Morgan fingerprint density at radius 2 is 2.04 bits per heavy atom. The number of benzene rings is 1. The van der Waals surface area contributed by atoms with Crippen molar-refractivity contribution in [2.75, 3.05) is 5.32 Å². The largest absolute Gasteiger partial charge is 0.430 e. The van der Waals surface area contributed by atoms with Crippen molar-refractivity contribution in [1.82, 2.24) is 9.97 Å². The van der Waals surface area contributed by atoms with Gasteiger partial charge in [0.2, 0.25) is 5.91 Å². The van der Waals surface area contributed by atoms with Crippen LogP contribution in [0.15, 0.2) is 52.2 Å². The van der Waals surface area contributed by atoms with E-state index in [1.165, 1.54) is 18.2 Å². The number of alkyl halides is 3. The van der Waals surface area contributed by atoms with Gasteiger partial charge < -0.3 is 9.73 Å². The van der Waals surface area contributed by atoms with Gasteiger partial charge in [0.25, 0.3) is 5.22 Å². The highest BCUT2D eigenvalue weighted by molar-refractivity contribution is 8.00. The molecule has 0 spiro atoms. The Labute approximate surface area is 151 Å². The van der Waals surface area contributed by atoms with E-state index in [0.717, 1.165) is 17.8 Å². The predicted octanol–water partition coefficient (Wildman–Crippen LogP) is 4.75. The van der Waals surface area contributed by atoms with Crippen LogP contribution >= 0.6 is 11.8 Å². The van der Waals surface area contributed by atoms with Crippen LogP contribution in [0, 0.1) is 0 Å². The molecule has 1 atom stereocenters. The van der Waals surface area contributed by atoms with Crippen LogP contribution in [0.4, 0.5) is 18.9 Å². The van der Waals surface area contributed by atoms with Gasteiger partial charge in [0.1, 0.15) is 0 Å². The normalized spacial score (nSPS) is 12.9. The summed E-state index contributed by atoms with van der Waals surface area (Å²) in [7, 11) is 0. The fourth-order valence-electron chi connectivity index (χ4n) is 2.30. The van der Waals surface area contributed by atoms with Gasteiger partial charge in [-0.25, -0.2) is 4.98 Å². The Bertz CT molecular complexity index is 894. The number of rotatable bonds is 5. The van der Waals surface area contributed by atoms with Gasteiger partial charge in [-0.1, -0.05) is 30.8 Å². The average molecular weight is 381 g/mol. The number of anilines is 1. The number of nitrogens with one attached hydrogen (secondary N) is 1. The number of hydrogen-bond acceptors (Lipinski definition) is 5. The first-order valence-corrected chi connectivity index (χ1v) is 8.61. The van der Waals surface area contributed by atoms with Crippen molar-refractivity contribution in [3.8, 4) is 0 Å². The van der Waals surface area contributed by atoms with Crippen LogP contribution in [0.25, 0.3) is 11.2 Å². The van der Waals surface area contributed by atoms with Crippen LogP contribution in [0.1, 0.15) is 18.9 Å². The van der Waals surface area contributed by atoms with Crippen LogP contribution < -0.4 is 5.32 Å². The Kier molecular flexibility index (Phi) is 5.17. The second-order valence-electron chi connectivity index (χ2n) is 5.35. The number of halogens is 3. The maximum absolute atomic E-state index is 13.1. The Balaban J connectivity index is 1.77. The van der Waals surface area contributed by atoms with Gasteiger partial charge in [-0.15, -0.1) is 0 Å². The number of fused-ring (bicyclic) bond motifs is 1. The van der Waals surface area contributed by atoms with Crippen molar-refractivity contribution in [2.45, 2.75) is 30.0 Å². The summed E-state index contributed by atoms with van der Waals surface area (Å²) in [5.74, 6) is -0.551. The van der Waals surface area contributed by atoms with E-state index in [-0.39, 0.29) is 10.9 Å². The van der Waals surface area contributed by atoms with E-state index in [0.29, 0.717) is 17.7 Å². The maximum Gasteiger partial charge on any atom is 0.418 e. The third kappa shape index (κ3) is 3.98. The zero-order chi connectivity index (χ0) is 18.7. The number of hydrogen-bond donors (Lipinski definition) is 1. The van der Waals surface area contributed by atoms with Crippen molar-refractivity contribution in [3.63, 3.8) is 0 Å². The van der Waals surface area contributed by atoms with Crippen molar-refractivity contribution >= 4 is 34.6 Å². The summed E-state index contributed by atoms with van der Waals surface area (Å²) >= 11 is 1.04. The van der Waals surface area contributed by atoms with E-state index in [9.17, 15) is 18.0 Å². The highest BCUT2D eigenvalue weighted by atomic mass is 32.2. The minimum Gasteiger partial charge on any atom is -0.430 e. The standard InChI is InChI=1S/C17H14F3N3O2S/c1-2-13(26-16-23-14-12(25-16)8-5-9-21-14)15(24)22-11-7-4-3-6-10(11)17(18,19)20/h3-9,13H,2H2,1H3,(H,22,24). The molecule has 1 aromatic carbocycles. The first-order chi connectivity index (χ1) is 12.4. The molecule has 1 amide bonds. The molecule has 0 aliphatic carbocycles. The Hall–Kier alpha value is -2.55. The van der Waals surface area contributed by atoms with Crippen LogP contribution in [0.2, 0.25) is 0 Å². The first-order valence-electron chi connectivity index (χ1n) is 7.73. The molecule has 3 rings (SSSR count). The molecule has 0 radical (unpaired) electrons. The number of aromatic nitrogens is 2. The number of pyridine rings is 1. The third-order valence-electron chi connectivity index (χ3n) is 3.54. The summed E-state index contributed by atoms with van der Waals surface area (Å²) in [5.41, 5.74) is -0.275. The number of nitrogens with zero attached hydrogens (tertiary/aromatic N) is 2. The lowest BCUT2D eigenvalue weighted by Gasteiger charge is -2.16. The molecule has 0 aliphatic heterocycles. The summed E-state index contributed by atoms with van der Waals surface area (Å²) in [5, 5.41) is 1.94. The predicted molar refractivity (Wildman–Crippen MR) is 91.8 cm³/mol. The van der Waals surface area contributed by atoms with E-state index in [4.69, 9.17) is 4.42 Å². The molecule has 0 aliphatic rings. The molecule has 2 aromatic heterocycles. The molecule has 3 aromatic rings. The molecule has 1 unspecified atom stereocenters. The summed E-state index contributed by atoms with van der Waals surface area (Å²) < 4.78 is 44.7. The van der Waals surface area contributed by atoms with Crippen molar-refractivity contribution in [1.29, 1.82) is 0 Å². The van der Waals surface area contributed by atoms with Gasteiger partial charge in [-0.2, -0.15) is 18.2 Å². The summed E-state index contributed by atoms with van der Waals surface area (Å²) in [6.45, 7) is 1.76. The molecule has 9 heteroatoms. The molecule has 2 heterocycles. The third-order valence-corrected chi connectivity index (χ3v) is 4.75. The minimum absolute atomic E-state index is 0.241. The second kappa shape index (κ2) is 7.36. The molecule has 0 bridgehead atoms. The maximum atomic E-state index is 13.1. The summed E-state index contributed by atoms with van der Waals surface area (Å²) in [6.07, 6.45) is -2.60. The molecule has 26 heavy (non-hydrogen) atoms. The molecule has 5 nitrogen and oxygen atoms in total. The van der Waals surface area contributed by atoms with E-state index in [1.807, 2.05) is 0 Å². The Morgan fingerprint density at radius 3 is 2.73 bits per heavy atom. The van der Waals surface area contributed by atoms with Gasteiger partial charge >= 0.3 is 6.18 Å². The lowest BCUT2D eigenvalue weighted by Crippen LogP contribution is -2.26. The fourth-order valence-corrected chi connectivity index (χ4v) is 3.15.